The molecule has 46 heavy (non-hydrogen) atoms. The Hall–Kier alpha value is -4.47. The van der Waals surface area contributed by atoms with Gasteiger partial charge in [0.2, 0.25) is 5.91 Å². The minimum absolute atomic E-state index is 0. The van der Waals surface area contributed by atoms with E-state index in [1.807, 2.05) is 78.9 Å². The fourth-order valence-corrected chi connectivity index (χ4v) is 6.09. The summed E-state index contributed by atoms with van der Waals surface area (Å²) in [6, 6.07) is 25.3. The molecule has 6 aromatic rings. The number of aromatic nitrogens is 3. The van der Waals surface area contributed by atoms with E-state index in [9.17, 15) is 9.59 Å². The maximum atomic E-state index is 13.4. The van der Waals surface area contributed by atoms with E-state index in [-0.39, 0.29) is 28.8 Å². The van der Waals surface area contributed by atoms with Gasteiger partial charge in [-0.25, -0.2) is 4.98 Å². The monoisotopic (exact) mass is 678 g/mol. The zero-order chi connectivity index (χ0) is 31.2. The molecule has 3 aromatic heterocycles. The number of carbonyl (C=O) groups excluding carboxylic acids is 2. The van der Waals surface area contributed by atoms with Crippen LogP contribution in [0.5, 0.6) is 0 Å². The summed E-state index contributed by atoms with van der Waals surface area (Å²) in [5.41, 5.74) is 4.76. The van der Waals surface area contributed by atoms with Crippen LogP contribution in [0, 0.1) is 0 Å². The lowest BCUT2D eigenvalue weighted by atomic mass is 10.0. The minimum Gasteiger partial charge on any atom is -1.00 e. The Morgan fingerprint density at radius 1 is 0.717 bits per heavy atom. The first-order valence-corrected chi connectivity index (χ1v) is 15.7. The average Bonchev–Trinajstić information content (AvgIpc) is 3.05. The van der Waals surface area contributed by atoms with Gasteiger partial charge in [-0.3, -0.25) is 19.6 Å². The molecular weight excluding hydrogens is 640 g/mol. The van der Waals surface area contributed by atoms with Crippen molar-refractivity contribution < 1.29 is 31.1 Å². The standard InChI is InChI=1S/C37H38N6O2.BrH/c1-43(2,24-12-22-40-37(45)34-27-14-5-7-17-30(27)41-31-18-8-6-15-28(31)34)23-9-3-4-19-33(44)42-32-25-26-13-10-20-38-35(26)36-29(32)16-11-21-39-36;/h5-8,10-11,13-18,20-21,25H,3-4,9,12,19,22-24H2,1-2H3,(H-,39,40,42,44,45);1H. The molecule has 0 aliphatic carbocycles. The number of pyridine rings is 3. The summed E-state index contributed by atoms with van der Waals surface area (Å²) in [7, 11) is 4.46. The molecule has 0 saturated heterocycles. The highest BCUT2D eigenvalue weighted by Gasteiger charge is 2.18. The Bertz CT molecular complexity index is 1960. The number of nitrogens with zero attached hydrogens (tertiary/aromatic N) is 4. The fraction of sp³-hybridized carbons (Fsp3) is 0.270. The second-order valence-corrected chi connectivity index (χ2v) is 12.3. The Morgan fingerprint density at radius 3 is 2.09 bits per heavy atom. The number of benzene rings is 3. The summed E-state index contributed by atoms with van der Waals surface area (Å²) in [6.07, 6.45) is 7.73. The van der Waals surface area contributed by atoms with Crippen LogP contribution in [0.1, 0.15) is 42.5 Å². The molecule has 0 aliphatic heterocycles. The molecule has 3 aromatic carbocycles. The van der Waals surface area contributed by atoms with Crippen LogP contribution < -0.4 is 27.6 Å². The van der Waals surface area contributed by atoms with Gasteiger partial charge in [0.15, 0.2) is 0 Å². The van der Waals surface area contributed by atoms with Crippen LogP contribution in [0.4, 0.5) is 5.69 Å². The van der Waals surface area contributed by atoms with E-state index in [1.54, 1.807) is 12.4 Å². The second kappa shape index (κ2) is 14.7. The topological polar surface area (TPSA) is 96.9 Å². The van der Waals surface area contributed by atoms with E-state index >= 15 is 0 Å². The molecule has 9 heteroatoms. The maximum absolute atomic E-state index is 13.4. The highest BCUT2D eigenvalue weighted by Crippen LogP contribution is 2.29. The molecule has 0 fully saturated rings. The molecule has 0 saturated carbocycles. The van der Waals surface area contributed by atoms with E-state index in [0.717, 1.165) is 92.6 Å². The van der Waals surface area contributed by atoms with Crippen LogP contribution in [0.25, 0.3) is 43.6 Å². The number of halogens is 1. The Kier molecular flexibility index (Phi) is 10.6. The SMILES string of the molecule is C[N+](C)(CCCCCC(=O)Nc1cc2cccnc2c2ncccc12)CCCNC(=O)c1c2ccccc2nc2ccccc12.[Br-]. The zero-order valence-electron chi connectivity index (χ0n) is 26.3. The van der Waals surface area contributed by atoms with Gasteiger partial charge in [-0.05, 0) is 55.7 Å². The van der Waals surface area contributed by atoms with E-state index in [1.165, 1.54) is 0 Å². The van der Waals surface area contributed by atoms with Gasteiger partial charge in [-0.2, -0.15) is 0 Å². The van der Waals surface area contributed by atoms with Crippen molar-refractivity contribution in [2.45, 2.75) is 32.1 Å². The molecular formula is C37H39BrN6O2. The van der Waals surface area contributed by atoms with Gasteiger partial charge in [0.1, 0.15) is 0 Å². The lowest BCUT2D eigenvalue weighted by Gasteiger charge is -2.30. The van der Waals surface area contributed by atoms with Crippen molar-refractivity contribution in [3.63, 3.8) is 0 Å². The quantitative estimate of drug-likeness (QED) is 0.0887. The van der Waals surface area contributed by atoms with Crippen molar-refractivity contribution in [1.82, 2.24) is 20.3 Å². The van der Waals surface area contributed by atoms with Crippen LogP contribution in [-0.2, 0) is 4.79 Å². The number of fused-ring (bicyclic) bond motifs is 5. The lowest BCUT2D eigenvalue weighted by Crippen LogP contribution is -3.00. The minimum atomic E-state index is -0.0574. The van der Waals surface area contributed by atoms with Crippen molar-refractivity contribution in [2.75, 3.05) is 39.0 Å². The number of rotatable bonds is 12. The lowest BCUT2D eigenvalue weighted by molar-refractivity contribution is -0.890. The number of para-hydroxylation sites is 2. The van der Waals surface area contributed by atoms with E-state index in [4.69, 9.17) is 4.98 Å². The van der Waals surface area contributed by atoms with Gasteiger partial charge < -0.3 is 32.1 Å². The third-order valence-corrected chi connectivity index (χ3v) is 8.44. The van der Waals surface area contributed by atoms with Gasteiger partial charge in [-0.1, -0.05) is 42.5 Å². The van der Waals surface area contributed by atoms with Crippen molar-refractivity contribution in [3.05, 3.63) is 96.8 Å². The van der Waals surface area contributed by atoms with Crippen molar-refractivity contribution in [3.8, 4) is 0 Å². The van der Waals surface area contributed by atoms with Crippen LogP contribution in [-0.4, -0.2) is 65.0 Å². The summed E-state index contributed by atoms with van der Waals surface area (Å²) >= 11 is 0. The summed E-state index contributed by atoms with van der Waals surface area (Å²) in [6.45, 7) is 2.58. The number of hydrogen-bond donors (Lipinski definition) is 2. The first kappa shape index (κ1) is 32.9. The number of quaternary nitrogens is 1. The molecule has 0 aliphatic rings. The van der Waals surface area contributed by atoms with E-state index in [0.29, 0.717) is 18.5 Å². The van der Waals surface area contributed by atoms with Crippen molar-refractivity contribution in [2.24, 2.45) is 0 Å². The summed E-state index contributed by atoms with van der Waals surface area (Å²) in [5.74, 6) is -0.0411. The first-order valence-electron chi connectivity index (χ1n) is 15.7. The van der Waals surface area contributed by atoms with Crippen molar-refractivity contribution in [1.29, 1.82) is 0 Å². The number of hydrogen-bond acceptors (Lipinski definition) is 5. The molecule has 0 spiro atoms. The van der Waals surface area contributed by atoms with E-state index < -0.39 is 0 Å². The third kappa shape index (κ3) is 7.49. The molecule has 0 radical (unpaired) electrons. The van der Waals surface area contributed by atoms with E-state index in [2.05, 4.69) is 34.7 Å². The number of unbranched alkanes of at least 4 members (excludes halogenated alkanes) is 2. The number of carbonyl (C=O) groups is 2. The summed E-state index contributed by atoms with van der Waals surface area (Å²) < 4.78 is 0.868. The smallest absolute Gasteiger partial charge is 0.252 e. The van der Waals surface area contributed by atoms with Crippen molar-refractivity contribution >= 4 is 61.1 Å². The molecule has 2 N–H and O–H groups in total. The Labute approximate surface area is 279 Å². The largest absolute Gasteiger partial charge is 1.00 e. The van der Waals surface area contributed by atoms with Gasteiger partial charge in [-0.15, -0.1) is 0 Å². The summed E-state index contributed by atoms with van der Waals surface area (Å²) in [5, 5.41) is 9.87. The molecule has 0 unspecified atom stereocenters. The van der Waals surface area contributed by atoms with Crippen LogP contribution >= 0.6 is 0 Å². The molecule has 6 rings (SSSR count). The Morgan fingerprint density at radius 2 is 1.35 bits per heavy atom. The first-order chi connectivity index (χ1) is 21.9. The zero-order valence-corrected chi connectivity index (χ0v) is 27.9. The molecule has 0 bridgehead atoms. The van der Waals surface area contributed by atoms with Gasteiger partial charge in [0, 0.05) is 53.3 Å². The Balaban J connectivity index is 0.00000417. The van der Waals surface area contributed by atoms with Gasteiger partial charge in [0.25, 0.3) is 5.91 Å². The van der Waals surface area contributed by atoms with Crippen LogP contribution in [0.15, 0.2) is 91.3 Å². The van der Waals surface area contributed by atoms with Gasteiger partial charge >= 0.3 is 0 Å². The maximum Gasteiger partial charge on any atom is 0.252 e. The predicted molar refractivity (Wildman–Crippen MR) is 182 cm³/mol. The number of anilines is 1. The van der Waals surface area contributed by atoms with Crippen LogP contribution in [0.2, 0.25) is 0 Å². The molecule has 8 nitrogen and oxygen atoms in total. The highest BCUT2D eigenvalue weighted by atomic mass is 79.9. The average molecular weight is 680 g/mol. The predicted octanol–water partition coefficient (Wildman–Crippen LogP) is 3.88. The molecule has 0 atom stereocenters. The summed E-state index contributed by atoms with van der Waals surface area (Å²) in [4.78, 5) is 39.9. The molecule has 3 heterocycles. The number of nitrogens with one attached hydrogen (secondary N) is 2. The normalized spacial score (nSPS) is 11.5. The highest BCUT2D eigenvalue weighted by molar-refractivity contribution is 6.16. The van der Waals surface area contributed by atoms with Gasteiger partial charge in [0.05, 0.1) is 60.5 Å². The second-order valence-electron chi connectivity index (χ2n) is 12.3. The number of amides is 2. The molecule has 236 valence electrons. The third-order valence-electron chi connectivity index (χ3n) is 8.44. The van der Waals surface area contributed by atoms with Crippen LogP contribution in [0.3, 0.4) is 0 Å². The molecule has 2 amide bonds. The fourth-order valence-electron chi connectivity index (χ4n) is 6.09.